The summed E-state index contributed by atoms with van der Waals surface area (Å²) in [5.74, 6) is -2.11. The zero-order valence-electron chi connectivity index (χ0n) is 25.3. The summed E-state index contributed by atoms with van der Waals surface area (Å²) in [4.78, 5) is 27.1. The quantitative estimate of drug-likeness (QED) is 0.0796. The minimum absolute atomic E-state index is 0.129. The molecule has 222 valence electrons. The minimum atomic E-state index is -0.969. The van der Waals surface area contributed by atoms with Crippen LogP contribution >= 0.6 is 0 Å². The van der Waals surface area contributed by atoms with Crippen molar-refractivity contribution in [3.05, 3.63) is 168 Å². The van der Waals surface area contributed by atoms with Gasteiger partial charge in [0, 0.05) is 6.42 Å². The van der Waals surface area contributed by atoms with Gasteiger partial charge in [0.05, 0.1) is 13.2 Å². The van der Waals surface area contributed by atoms with Crippen molar-refractivity contribution in [1.29, 1.82) is 0 Å². The molecule has 4 nitrogen and oxygen atoms in total. The molecule has 0 aliphatic carbocycles. The number of rotatable bonds is 13. The number of hydrogen-bond donors (Lipinski definition) is 0. The van der Waals surface area contributed by atoms with Crippen molar-refractivity contribution < 1.29 is 19.1 Å². The summed E-state index contributed by atoms with van der Waals surface area (Å²) in [6.45, 7) is 4.00. The summed E-state index contributed by atoms with van der Waals surface area (Å²) in [6.07, 6.45) is 0.129. The van der Waals surface area contributed by atoms with Gasteiger partial charge in [0.2, 0.25) is 0 Å². The van der Waals surface area contributed by atoms with E-state index < -0.39 is 23.4 Å². The first-order valence-corrected chi connectivity index (χ1v) is 15.2. The highest BCUT2D eigenvalue weighted by Crippen LogP contribution is 2.41. The summed E-state index contributed by atoms with van der Waals surface area (Å²) < 4.78 is 12.4. The van der Waals surface area contributed by atoms with E-state index in [1.54, 1.807) is 6.92 Å². The van der Waals surface area contributed by atoms with Crippen molar-refractivity contribution in [3.8, 4) is 11.1 Å². The first-order valence-electron chi connectivity index (χ1n) is 15.2. The summed E-state index contributed by atoms with van der Waals surface area (Å²) in [5.41, 5.74) is 4.97. The second-order valence-corrected chi connectivity index (χ2v) is 11.0. The first kappa shape index (κ1) is 30.7. The van der Waals surface area contributed by atoms with E-state index in [-0.39, 0.29) is 25.4 Å². The van der Waals surface area contributed by atoms with Crippen LogP contribution in [0.3, 0.4) is 0 Å². The summed E-state index contributed by atoms with van der Waals surface area (Å²) in [6, 6.07) is 48.3. The Balaban J connectivity index is 1.43. The Kier molecular flexibility index (Phi) is 10.2. The molecule has 4 heteroatoms. The number of ketones is 1. The molecule has 0 amide bonds. The fourth-order valence-corrected chi connectivity index (χ4v) is 5.79. The average molecular weight is 583 g/mol. The molecule has 0 N–H and O–H groups in total. The Labute approximate surface area is 260 Å². The van der Waals surface area contributed by atoms with Crippen molar-refractivity contribution in [1.82, 2.24) is 0 Å². The van der Waals surface area contributed by atoms with Gasteiger partial charge in [0.1, 0.15) is 11.5 Å². The predicted octanol–water partition coefficient (Wildman–Crippen LogP) is 8.29. The third-order valence-electron chi connectivity index (χ3n) is 8.00. The molecule has 2 atom stereocenters. The summed E-state index contributed by atoms with van der Waals surface area (Å²) in [5, 5.41) is 0. The van der Waals surface area contributed by atoms with Gasteiger partial charge in [-0.25, -0.2) is 0 Å². The Morgan fingerprint density at radius 3 is 1.50 bits per heavy atom. The molecule has 0 aliphatic heterocycles. The van der Waals surface area contributed by atoms with Gasteiger partial charge in [-0.1, -0.05) is 153 Å². The van der Waals surface area contributed by atoms with Crippen LogP contribution in [0.2, 0.25) is 0 Å². The van der Waals surface area contributed by atoms with Crippen LogP contribution in [0.1, 0.15) is 36.1 Å². The van der Waals surface area contributed by atoms with Crippen molar-refractivity contribution in [3.63, 3.8) is 0 Å². The van der Waals surface area contributed by atoms with E-state index in [2.05, 4.69) is 48.5 Å². The second-order valence-electron chi connectivity index (χ2n) is 11.0. The topological polar surface area (TPSA) is 52.6 Å². The van der Waals surface area contributed by atoms with Gasteiger partial charge in [-0.05, 0) is 46.2 Å². The fourth-order valence-electron chi connectivity index (χ4n) is 5.79. The lowest BCUT2D eigenvalue weighted by Gasteiger charge is -2.37. The third-order valence-corrected chi connectivity index (χ3v) is 8.00. The van der Waals surface area contributed by atoms with Crippen LogP contribution in [-0.4, -0.2) is 25.0 Å². The lowest BCUT2D eigenvalue weighted by Crippen LogP contribution is -2.39. The highest BCUT2D eigenvalue weighted by atomic mass is 16.5. The molecule has 5 rings (SSSR count). The Morgan fingerprint density at radius 1 is 0.614 bits per heavy atom. The molecule has 0 fully saturated rings. The molecule has 0 spiro atoms. The van der Waals surface area contributed by atoms with E-state index in [9.17, 15) is 9.59 Å². The van der Waals surface area contributed by atoms with Crippen LogP contribution in [0.15, 0.2) is 146 Å². The van der Waals surface area contributed by atoms with E-state index in [0.717, 1.165) is 33.4 Å². The monoisotopic (exact) mass is 582 g/mol. The van der Waals surface area contributed by atoms with Crippen LogP contribution in [0.25, 0.3) is 11.1 Å². The largest absolute Gasteiger partial charge is 0.465 e. The Morgan fingerprint density at radius 2 is 1.05 bits per heavy atom. The van der Waals surface area contributed by atoms with Crippen molar-refractivity contribution in [2.45, 2.75) is 25.9 Å². The zero-order valence-corrected chi connectivity index (χ0v) is 25.3. The number of esters is 1. The highest BCUT2D eigenvalue weighted by Gasteiger charge is 2.40. The molecule has 0 saturated carbocycles. The summed E-state index contributed by atoms with van der Waals surface area (Å²) in [7, 11) is 0. The number of benzene rings is 5. The van der Waals surface area contributed by atoms with Gasteiger partial charge in [0.25, 0.3) is 0 Å². The Bertz CT molecular complexity index is 1520. The van der Waals surface area contributed by atoms with Gasteiger partial charge >= 0.3 is 5.97 Å². The van der Waals surface area contributed by atoms with Gasteiger partial charge in [-0.2, -0.15) is 0 Å². The maximum Gasteiger partial charge on any atom is 0.316 e. The standard InChI is InChI=1S/C40H38O4/c1-3-43-39(42)38(37(41)28-31-24-26-33(27-25-31)32-16-8-4-9-17-32)30(2)29-44-40(34-18-10-5-11-19-34,35-20-12-6-13-21-35)36-22-14-7-15-23-36/h4-27,30,38H,3,28-29H2,1-2H3/t30?,38-/m1/s1. The molecule has 0 saturated heterocycles. The highest BCUT2D eigenvalue weighted by molar-refractivity contribution is 6.00. The zero-order chi connectivity index (χ0) is 30.8. The normalized spacial score (nSPS) is 12.7. The molecule has 0 radical (unpaired) electrons. The van der Waals surface area contributed by atoms with E-state index in [0.29, 0.717) is 0 Å². The van der Waals surface area contributed by atoms with Crippen LogP contribution in [0, 0.1) is 11.8 Å². The van der Waals surface area contributed by atoms with Crippen molar-refractivity contribution in [2.24, 2.45) is 11.8 Å². The average Bonchev–Trinajstić information content (AvgIpc) is 3.07. The van der Waals surface area contributed by atoms with Gasteiger partial charge in [-0.3, -0.25) is 9.59 Å². The van der Waals surface area contributed by atoms with Gasteiger partial charge < -0.3 is 9.47 Å². The fraction of sp³-hybridized carbons (Fsp3) is 0.200. The number of ether oxygens (including phenoxy) is 2. The number of hydrogen-bond acceptors (Lipinski definition) is 4. The molecule has 0 aliphatic rings. The SMILES string of the molecule is CCOC(=O)[C@@H](C(=O)Cc1ccc(-c2ccccc2)cc1)C(C)COC(c1ccccc1)(c1ccccc1)c1ccccc1. The third kappa shape index (κ3) is 6.88. The molecule has 0 heterocycles. The van der Waals surface area contributed by atoms with E-state index >= 15 is 0 Å². The molecular formula is C40H38O4. The lowest BCUT2D eigenvalue weighted by molar-refractivity contribution is -0.155. The van der Waals surface area contributed by atoms with Crippen LogP contribution < -0.4 is 0 Å². The first-order chi connectivity index (χ1) is 21.5. The van der Waals surface area contributed by atoms with Crippen LogP contribution in [0.4, 0.5) is 0 Å². The molecule has 5 aromatic rings. The van der Waals surface area contributed by atoms with E-state index in [4.69, 9.17) is 9.47 Å². The number of carbonyl (C=O) groups excluding carboxylic acids is 2. The van der Waals surface area contributed by atoms with Crippen molar-refractivity contribution >= 4 is 11.8 Å². The lowest BCUT2D eigenvalue weighted by atomic mass is 9.79. The molecule has 44 heavy (non-hydrogen) atoms. The Hall–Kier alpha value is -4.80. The van der Waals surface area contributed by atoms with E-state index in [1.165, 1.54) is 0 Å². The number of Topliss-reactive ketones (excluding diaryl/α,β-unsaturated/α-hetero) is 1. The van der Waals surface area contributed by atoms with Crippen molar-refractivity contribution in [2.75, 3.05) is 13.2 Å². The van der Waals surface area contributed by atoms with Gasteiger partial charge in [-0.15, -0.1) is 0 Å². The van der Waals surface area contributed by atoms with Gasteiger partial charge in [0.15, 0.2) is 5.78 Å². The van der Waals surface area contributed by atoms with Crippen LogP contribution in [0.5, 0.6) is 0 Å². The summed E-state index contributed by atoms with van der Waals surface area (Å²) >= 11 is 0. The maximum absolute atomic E-state index is 13.8. The van der Waals surface area contributed by atoms with Crippen LogP contribution in [-0.2, 0) is 31.1 Å². The van der Waals surface area contributed by atoms with E-state index in [1.807, 2.05) is 104 Å². The smallest absolute Gasteiger partial charge is 0.316 e. The minimum Gasteiger partial charge on any atom is -0.465 e. The molecule has 1 unspecified atom stereocenters. The predicted molar refractivity (Wildman–Crippen MR) is 175 cm³/mol. The molecule has 5 aromatic carbocycles. The molecule has 0 aromatic heterocycles. The molecular weight excluding hydrogens is 544 g/mol. The molecule has 0 bridgehead atoms. The second kappa shape index (κ2) is 14.6. The maximum atomic E-state index is 13.8. The number of carbonyl (C=O) groups is 2.